The third-order valence-corrected chi connectivity index (χ3v) is 2.16. The first-order valence-electron chi connectivity index (χ1n) is 3.20. The second-order valence-corrected chi connectivity index (χ2v) is 3.72. The molecule has 0 radical (unpaired) electrons. The van der Waals surface area contributed by atoms with Crippen molar-refractivity contribution in [2.75, 3.05) is 0 Å². The second kappa shape index (κ2) is 6.04. The van der Waals surface area contributed by atoms with Crippen LogP contribution in [0, 0.1) is 0 Å². The normalized spacial score (nSPS) is 14.8. The molecule has 0 saturated heterocycles. The predicted octanol–water partition coefficient (Wildman–Crippen LogP) is -1.73. The molecule has 8 heteroatoms. The van der Waals surface area contributed by atoms with Gasteiger partial charge in [0, 0.05) is 0 Å². The van der Waals surface area contributed by atoms with E-state index in [1.54, 1.807) is 0 Å². The predicted molar refractivity (Wildman–Crippen MR) is 34.4 cm³/mol. The van der Waals surface area contributed by atoms with Gasteiger partial charge in [-0.25, -0.2) is 12.8 Å². The molecular weight excluding hydrogens is 236 g/mol. The fourth-order valence-electron chi connectivity index (χ4n) is 0.578. The van der Waals surface area contributed by atoms with E-state index in [1.807, 2.05) is 0 Å². The summed E-state index contributed by atoms with van der Waals surface area (Å²) in [4.78, 5) is 0. The van der Waals surface area contributed by atoms with Gasteiger partial charge in [0.2, 0.25) is 0 Å². The summed E-state index contributed by atoms with van der Waals surface area (Å²) in [7, 11) is -5.88. The molecule has 3 nitrogen and oxygen atoms in total. The molecule has 13 heavy (non-hydrogen) atoms. The van der Waals surface area contributed by atoms with Gasteiger partial charge in [-0.3, -0.25) is 0 Å². The number of hydrogen-bond donors (Lipinski definition) is 0. The minimum atomic E-state index is -5.88. The molecule has 1 unspecified atom stereocenters. The molecule has 0 aromatic heterocycles. The molecule has 0 aliphatic rings. The first kappa shape index (κ1) is 16.8. The topological polar surface area (TPSA) is 57.2 Å². The molecule has 1 atom stereocenters. The Morgan fingerprint density at radius 1 is 1.46 bits per heavy atom. The van der Waals surface area contributed by atoms with E-state index in [2.05, 4.69) is 0 Å². The standard InChI is InChI=1S/C5H9F3O3S.K/c1-2-3-4(6)5(7,8)12(9,10)11;/h4H,2-3H2,1H3,(H,9,10,11);/q;+1/p-1. The summed E-state index contributed by atoms with van der Waals surface area (Å²) < 4.78 is 66.3. The molecule has 0 rings (SSSR count). The van der Waals surface area contributed by atoms with Gasteiger partial charge in [0.25, 0.3) is 0 Å². The van der Waals surface area contributed by atoms with Crippen molar-refractivity contribution in [3.05, 3.63) is 0 Å². The Hall–Kier alpha value is 1.34. The number of halogens is 3. The van der Waals surface area contributed by atoms with Crippen molar-refractivity contribution < 1.29 is 77.5 Å². The monoisotopic (exact) mass is 244 g/mol. The fraction of sp³-hybridized carbons (Fsp3) is 1.00. The maximum absolute atomic E-state index is 12.3. The van der Waals surface area contributed by atoms with Crippen LogP contribution in [0.2, 0.25) is 0 Å². The summed E-state index contributed by atoms with van der Waals surface area (Å²) in [5.41, 5.74) is 0. The van der Waals surface area contributed by atoms with Crippen LogP contribution in [0.3, 0.4) is 0 Å². The zero-order valence-corrected chi connectivity index (χ0v) is 11.2. The Kier molecular flexibility index (Phi) is 7.78. The Morgan fingerprint density at radius 2 is 1.85 bits per heavy atom. The molecule has 74 valence electrons. The van der Waals surface area contributed by atoms with Gasteiger partial charge in [0.15, 0.2) is 16.3 Å². The van der Waals surface area contributed by atoms with E-state index in [0.29, 0.717) is 0 Å². The first-order valence-corrected chi connectivity index (χ1v) is 4.61. The average Bonchev–Trinajstić information content (AvgIpc) is 1.85. The van der Waals surface area contributed by atoms with Crippen molar-refractivity contribution >= 4 is 10.1 Å². The van der Waals surface area contributed by atoms with Crippen LogP contribution in [0.5, 0.6) is 0 Å². The van der Waals surface area contributed by atoms with Gasteiger partial charge in [0.05, 0.1) is 0 Å². The van der Waals surface area contributed by atoms with Crippen molar-refractivity contribution in [3.8, 4) is 0 Å². The summed E-state index contributed by atoms with van der Waals surface area (Å²) in [6, 6.07) is 0. The summed E-state index contributed by atoms with van der Waals surface area (Å²) in [5, 5.41) is -4.80. The van der Waals surface area contributed by atoms with E-state index >= 15 is 0 Å². The molecule has 0 aliphatic carbocycles. The SMILES string of the molecule is CCCC(F)C(F)(F)S(=O)(=O)[O-].[K+]. The zero-order valence-electron chi connectivity index (χ0n) is 7.26. The van der Waals surface area contributed by atoms with Gasteiger partial charge in [-0.2, -0.15) is 8.78 Å². The van der Waals surface area contributed by atoms with Crippen molar-refractivity contribution in [2.24, 2.45) is 0 Å². The van der Waals surface area contributed by atoms with Crippen molar-refractivity contribution in [1.82, 2.24) is 0 Å². The molecule has 0 N–H and O–H groups in total. The summed E-state index contributed by atoms with van der Waals surface area (Å²) in [6.45, 7) is 1.40. The molecule has 0 aliphatic heterocycles. The summed E-state index contributed by atoms with van der Waals surface area (Å²) in [6.07, 6.45) is -3.51. The third kappa shape index (κ3) is 4.58. The fourth-order valence-corrected chi connectivity index (χ4v) is 1.01. The molecule has 0 heterocycles. The number of hydrogen-bond acceptors (Lipinski definition) is 3. The van der Waals surface area contributed by atoms with Crippen LogP contribution in [0.15, 0.2) is 0 Å². The Bertz CT molecular complexity index is 241. The third-order valence-electron chi connectivity index (χ3n) is 1.24. The van der Waals surface area contributed by atoms with Crippen LogP contribution < -0.4 is 51.4 Å². The Balaban J connectivity index is 0. The average molecular weight is 244 g/mol. The maximum atomic E-state index is 12.3. The van der Waals surface area contributed by atoms with E-state index < -0.39 is 28.0 Å². The smallest absolute Gasteiger partial charge is 0.743 e. The molecular formula is C5H8F3KO3S. The number of alkyl halides is 3. The maximum Gasteiger partial charge on any atom is 1.00 e. The van der Waals surface area contributed by atoms with Crippen molar-refractivity contribution in [3.63, 3.8) is 0 Å². The van der Waals surface area contributed by atoms with E-state index in [-0.39, 0.29) is 57.8 Å². The van der Waals surface area contributed by atoms with E-state index in [1.165, 1.54) is 6.92 Å². The van der Waals surface area contributed by atoms with Crippen LogP contribution in [0.1, 0.15) is 19.8 Å². The molecule has 0 fully saturated rings. The minimum absolute atomic E-state index is 0. The van der Waals surface area contributed by atoms with E-state index in [4.69, 9.17) is 0 Å². The minimum Gasteiger partial charge on any atom is -0.743 e. The van der Waals surface area contributed by atoms with Crippen LogP contribution in [0.4, 0.5) is 13.2 Å². The van der Waals surface area contributed by atoms with Crippen LogP contribution >= 0.6 is 0 Å². The van der Waals surface area contributed by atoms with Gasteiger partial charge >= 0.3 is 56.6 Å². The second-order valence-electron chi connectivity index (χ2n) is 2.27. The molecule has 0 aromatic rings. The first-order chi connectivity index (χ1) is 5.23. The zero-order chi connectivity index (χ0) is 9.99. The van der Waals surface area contributed by atoms with Crippen molar-refractivity contribution in [1.29, 1.82) is 0 Å². The van der Waals surface area contributed by atoms with Crippen LogP contribution in [-0.4, -0.2) is 24.4 Å². The van der Waals surface area contributed by atoms with Crippen molar-refractivity contribution in [2.45, 2.75) is 31.2 Å². The van der Waals surface area contributed by atoms with Gasteiger partial charge in [-0.05, 0) is 6.42 Å². The summed E-state index contributed by atoms with van der Waals surface area (Å²) in [5.74, 6) is 0. The molecule has 0 saturated carbocycles. The van der Waals surface area contributed by atoms with Gasteiger partial charge < -0.3 is 4.55 Å². The Labute approximate surface area is 117 Å². The molecule has 0 aromatic carbocycles. The van der Waals surface area contributed by atoms with Gasteiger partial charge in [-0.1, -0.05) is 13.3 Å². The van der Waals surface area contributed by atoms with Crippen LogP contribution in [-0.2, 0) is 10.1 Å². The van der Waals surface area contributed by atoms with Gasteiger partial charge in [-0.15, -0.1) is 0 Å². The number of rotatable bonds is 4. The Morgan fingerprint density at radius 3 is 2.08 bits per heavy atom. The largest absolute Gasteiger partial charge is 1.00 e. The van der Waals surface area contributed by atoms with Crippen LogP contribution in [0.25, 0.3) is 0 Å². The van der Waals surface area contributed by atoms with Gasteiger partial charge in [0.1, 0.15) is 0 Å². The molecule has 0 spiro atoms. The molecule has 0 amide bonds. The van der Waals surface area contributed by atoms with E-state index in [0.717, 1.165) is 0 Å². The quantitative estimate of drug-likeness (QED) is 0.436. The molecule has 0 bridgehead atoms. The summed E-state index contributed by atoms with van der Waals surface area (Å²) >= 11 is 0. The van der Waals surface area contributed by atoms with E-state index in [9.17, 15) is 26.1 Å².